The lowest BCUT2D eigenvalue weighted by Crippen LogP contribution is -2.31. The molecule has 1 heterocycles. The molecule has 1 aromatic rings. The van der Waals surface area contributed by atoms with Crippen LogP contribution in [0.4, 0.5) is 0 Å². The van der Waals surface area contributed by atoms with Crippen LogP contribution in [0.15, 0.2) is 18.7 Å². The number of aliphatic hydroxyl groups excluding tert-OH is 1. The summed E-state index contributed by atoms with van der Waals surface area (Å²) in [7, 11) is 0. The number of aryl methyl sites for hydroxylation is 2. The summed E-state index contributed by atoms with van der Waals surface area (Å²) in [6.07, 6.45) is 9.55. The van der Waals surface area contributed by atoms with E-state index in [2.05, 4.69) is 34.8 Å². The molecule has 0 aromatic carbocycles. The van der Waals surface area contributed by atoms with Crippen LogP contribution >= 0.6 is 0 Å². The Bertz CT molecular complexity index is 210. The Labute approximate surface area is 79.6 Å². The molecule has 0 amide bonds. The van der Waals surface area contributed by atoms with Crippen LogP contribution < -0.4 is 4.57 Å². The average molecular weight is 183 g/mol. The first-order valence-corrected chi connectivity index (χ1v) is 5.02. The molecule has 0 aliphatic rings. The van der Waals surface area contributed by atoms with Gasteiger partial charge in [0.15, 0.2) is 0 Å². The zero-order valence-electron chi connectivity index (χ0n) is 8.32. The Kier molecular flexibility index (Phi) is 4.54. The number of hydrogen-bond donors (Lipinski definition) is 1. The van der Waals surface area contributed by atoms with E-state index in [-0.39, 0.29) is 6.61 Å². The number of imidazole rings is 1. The highest BCUT2D eigenvalue weighted by molar-refractivity contribution is 4.65. The van der Waals surface area contributed by atoms with Gasteiger partial charge in [-0.15, -0.1) is 0 Å². The molecule has 0 radical (unpaired) electrons. The quantitative estimate of drug-likeness (QED) is 0.654. The van der Waals surface area contributed by atoms with Crippen molar-refractivity contribution in [2.75, 3.05) is 6.61 Å². The molecule has 0 aliphatic heterocycles. The molecule has 0 bridgehead atoms. The zero-order valence-corrected chi connectivity index (χ0v) is 8.32. The van der Waals surface area contributed by atoms with Crippen molar-refractivity contribution in [3.05, 3.63) is 18.7 Å². The predicted molar refractivity (Wildman–Crippen MR) is 51.2 cm³/mol. The largest absolute Gasteiger partial charge is 0.396 e. The third-order valence-corrected chi connectivity index (χ3v) is 2.09. The molecule has 1 aromatic heterocycles. The Morgan fingerprint density at radius 1 is 1.38 bits per heavy atom. The van der Waals surface area contributed by atoms with Crippen molar-refractivity contribution in [2.24, 2.45) is 0 Å². The highest BCUT2D eigenvalue weighted by atomic mass is 16.3. The van der Waals surface area contributed by atoms with Crippen molar-refractivity contribution >= 4 is 0 Å². The van der Waals surface area contributed by atoms with E-state index in [4.69, 9.17) is 5.11 Å². The number of hydrogen-bond acceptors (Lipinski definition) is 1. The van der Waals surface area contributed by atoms with Crippen LogP contribution in [0.5, 0.6) is 0 Å². The summed E-state index contributed by atoms with van der Waals surface area (Å²) in [6.45, 7) is 4.48. The van der Waals surface area contributed by atoms with Crippen molar-refractivity contribution < 1.29 is 9.67 Å². The van der Waals surface area contributed by atoms with Gasteiger partial charge in [0.25, 0.3) is 0 Å². The fourth-order valence-electron chi connectivity index (χ4n) is 1.30. The van der Waals surface area contributed by atoms with Gasteiger partial charge < -0.3 is 5.11 Å². The molecule has 0 aliphatic carbocycles. The minimum absolute atomic E-state index is 0.271. The van der Waals surface area contributed by atoms with E-state index in [9.17, 15) is 0 Å². The number of unbranched alkanes of at least 4 members (excludes halogenated alkanes) is 1. The monoisotopic (exact) mass is 183 g/mol. The maximum atomic E-state index is 8.66. The van der Waals surface area contributed by atoms with Gasteiger partial charge >= 0.3 is 0 Å². The van der Waals surface area contributed by atoms with Gasteiger partial charge in [0, 0.05) is 13.0 Å². The molecule has 3 heteroatoms. The fourth-order valence-corrected chi connectivity index (χ4v) is 1.30. The molecule has 1 rings (SSSR count). The predicted octanol–water partition coefficient (Wildman–Crippen LogP) is 0.958. The summed E-state index contributed by atoms with van der Waals surface area (Å²) in [6, 6.07) is 0. The van der Waals surface area contributed by atoms with Crippen LogP contribution in [-0.4, -0.2) is 16.3 Å². The highest BCUT2D eigenvalue weighted by Crippen LogP contribution is 1.92. The minimum atomic E-state index is 0.271. The lowest BCUT2D eigenvalue weighted by molar-refractivity contribution is -0.697. The first-order valence-electron chi connectivity index (χ1n) is 5.02. The summed E-state index contributed by atoms with van der Waals surface area (Å²) in [4.78, 5) is 0. The van der Waals surface area contributed by atoms with Crippen LogP contribution in [0.3, 0.4) is 0 Å². The van der Waals surface area contributed by atoms with Gasteiger partial charge in [-0.05, 0) is 6.42 Å². The van der Waals surface area contributed by atoms with E-state index in [0.717, 1.165) is 19.5 Å². The van der Waals surface area contributed by atoms with Crippen molar-refractivity contribution in [1.82, 2.24) is 4.57 Å². The highest BCUT2D eigenvalue weighted by Gasteiger charge is 2.01. The number of aliphatic hydroxyl groups is 1. The smallest absolute Gasteiger partial charge is 0.243 e. The first-order chi connectivity index (χ1) is 6.36. The van der Waals surface area contributed by atoms with Crippen molar-refractivity contribution in [1.29, 1.82) is 0 Å². The van der Waals surface area contributed by atoms with Crippen LogP contribution in [0, 0.1) is 0 Å². The fraction of sp³-hybridized carbons (Fsp3) is 0.700. The molecule has 74 valence electrons. The third kappa shape index (κ3) is 3.59. The molecule has 0 unspecified atom stereocenters. The lowest BCUT2D eigenvalue weighted by Gasteiger charge is -1.93. The summed E-state index contributed by atoms with van der Waals surface area (Å²) in [5, 5.41) is 8.66. The molecule has 0 saturated carbocycles. The second-order valence-electron chi connectivity index (χ2n) is 3.32. The summed E-state index contributed by atoms with van der Waals surface area (Å²) < 4.78 is 4.31. The van der Waals surface area contributed by atoms with E-state index in [0.29, 0.717) is 0 Å². The minimum Gasteiger partial charge on any atom is -0.396 e. The number of aromatic nitrogens is 2. The standard InChI is InChI=1S/C10H19N2O/c1-2-3-5-11-7-8-12(10-11)6-4-9-13/h7-8,10,13H,2-6,9H2,1H3/q+1. The number of nitrogens with zero attached hydrogens (tertiary/aromatic N) is 2. The molecule has 13 heavy (non-hydrogen) atoms. The maximum absolute atomic E-state index is 8.66. The van der Waals surface area contributed by atoms with E-state index in [1.165, 1.54) is 12.8 Å². The van der Waals surface area contributed by atoms with E-state index in [1.807, 2.05) is 0 Å². The molecule has 3 nitrogen and oxygen atoms in total. The van der Waals surface area contributed by atoms with Gasteiger partial charge in [0.2, 0.25) is 6.33 Å². The van der Waals surface area contributed by atoms with Crippen LogP contribution in [0.1, 0.15) is 26.2 Å². The Morgan fingerprint density at radius 3 is 2.92 bits per heavy atom. The van der Waals surface area contributed by atoms with Crippen molar-refractivity contribution in [2.45, 2.75) is 39.3 Å². The van der Waals surface area contributed by atoms with Crippen LogP contribution in [0.25, 0.3) is 0 Å². The molecule has 0 saturated heterocycles. The average Bonchev–Trinajstić information content (AvgIpc) is 2.59. The Morgan fingerprint density at radius 2 is 2.23 bits per heavy atom. The second kappa shape index (κ2) is 5.75. The number of rotatable bonds is 6. The van der Waals surface area contributed by atoms with Crippen LogP contribution in [-0.2, 0) is 13.1 Å². The SMILES string of the molecule is CCCCn1cc[n+](CCCO)c1. The summed E-state index contributed by atoms with van der Waals surface area (Å²) in [5.74, 6) is 0. The molecule has 1 N–H and O–H groups in total. The van der Waals surface area contributed by atoms with Crippen molar-refractivity contribution in [3.8, 4) is 0 Å². The van der Waals surface area contributed by atoms with Crippen molar-refractivity contribution in [3.63, 3.8) is 0 Å². The van der Waals surface area contributed by atoms with Gasteiger partial charge in [-0.2, -0.15) is 0 Å². The van der Waals surface area contributed by atoms with Crippen LogP contribution in [0.2, 0.25) is 0 Å². The Hall–Kier alpha value is -0.830. The van der Waals surface area contributed by atoms with E-state index in [1.54, 1.807) is 0 Å². The van der Waals surface area contributed by atoms with Gasteiger partial charge in [0.05, 0.1) is 13.1 Å². The third-order valence-electron chi connectivity index (χ3n) is 2.09. The van der Waals surface area contributed by atoms with E-state index < -0.39 is 0 Å². The Balaban J connectivity index is 2.34. The lowest BCUT2D eigenvalue weighted by atomic mass is 10.3. The van der Waals surface area contributed by atoms with Gasteiger partial charge in [-0.1, -0.05) is 13.3 Å². The molecular weight excluding hydrogens is 164 g/mol. The normalized spacial score (nSPS) is 10.6. The molecule has 0 spiro atoms. The zero-order chi connectivity index (χ0) is 9.52. The topological polar surface area (TPSA) is 29.0 Å². The first kappa shape index (κ1) is 10.3. The second-order valence-corrected chi connectivity index (χ2v) is 3.32. The van der Waals surface area contributed by atoms with Gasteiger partial charge in [-0.3, -0.25) is 0 Å². The molecular formula is C10H19N2O+. The van der Waals surface area contributed by atoms with E-state index >= 15 is 0 Å². The van der Waals surface area contributed by atoms with Gasteiger partial charge in [0.1, 0.15) is 12.4 Å². The summed E-state index contributed by atoms with van der Waals surface area (Å²) >= 11 is 0. The molecule has 0 fully saturated rings. The maximum Gasteiger partial charge on any atom is 0.243 e. The molecule has 0 atom stereocenters. The van der Waals surface area contributed by atoms with Gasteiger partial charge in [-0.25, -0.2) is 9.13 Å². The summed E-state index contributed by atoms with van der Waals surface area (Å²) in [5.41, 5.74) is 0.